The molecule has 0 bridgehead atoms. The number of anilines is 1. The van der Waals surface area contributed by atoms with Crippen molar-refractivity contribution in [2.24, 2.45) is 0 Å². The monoisotopic (exact) mass is 337 g/mol. The van der Waals surface area contributed by atoms with Crippen LogP contribution in [0.5, 0.6) is 0 Å². The smallest absolute Gasteiger partial charge is 0.172 e. The molecule has 0 unspecified atom stereocenters. The van der Waals surface area contributed by atoms with Crippen LogP contribution in [-0.2, 0) is 6.42 Å². The summed E-state index contributed by atoms with van der Waals surface area (Å²) in [6.45, 7) is 2.08. The summed E-state index contributed by atoms with van der Waals surface area (Å²) in [5.74, 6) is 0.236. The summed E-state index contributed by atoms with van der Waals surface area (Å²) in [7, 11) is 0. The molecule has 0 aliphatic rings. The molecule has 0 heterocycles. The maximum atomic E-state index is 11.6. The third kappa shape index (κ3) is 4.43. The van der Waals surface area contributed by atoms with Gasteiger partial charge in [0, 0.05) is 21.2 Å². The van der Waals surface area contributed by atoms with E-state index in [2.05, 4.69) is 30.3 Å². The maximum absolute atomic E-state index is 11.6. The molecule has 0 saturated carbocycles. The van der Waals surface area contributed by atoms with Gasteiger partial charge in [-0.05, 0) is 54.3 Å². The first-order valence-electron chi connectivity index (χ1n) is 6.59. The zero-order valence-corrected chi connectivity index (χ0v) is 14.1. The summed E-state index contributed by atoms with van der Waals surface area (Å²) in [5, 5.41) is 0.795. The Kier molecular flexibility index (Phi) is 6.03. The van der Waals surface area contributed by atoms with Gasteiger partial charge in [0.15, 0.2) is 5.78 Å². The van der Waals surface area contributed by atoms with Gasteiger partial charge >= 0.3 is 0 Å². The summed E-state index contributed by atoms with van der Waals surface area (Å²) in [5.41, 5.74) is 2.68. The van der Waals surface area contributed by atoms with Gasteiger partial charge in [-0.3, -0.25) is 4.79 Å². The van der Waals surface area contributed by atoms with Crippen molar-refractivity contribution in [1.29, 1.82) is 0 Å². The van der Waals surface area contributed by atoms with Gasteiger partial charge in [0.2, 0.25) is 0 Å². The van der Waals surface area contributed by atoms with Crippen molar-refractivity contribution < 1.29 is 4.79 Å². The minimum Gasteiger partial charge on any atom is -0.326 e. The molecule has 2 nitrogen and oxygen atoms in total. The Morgan fingerprint density at radius 1 is 1.29 bits per heavy atom. The van der Waals surface area contributed by atoms with Crippen LogP contribution in [0.15, 0.2) is 47.4 Å². The number of thiol groups is 1. The highest BCUT2D eigenvalue weighted by Gasteiger charge is 2.05. The van der Waals surface area contributed by atoms with Gasteiger partial charge in [0.05, 0.1) is 5.75 Å². The summed E-state index contributed by atoms with van der Waals surface area (Å²) in [6, 6.07) is 13.4. The van der Waals surface area contributed by atoms with Crippen molar-refractivity contribution in [3.63, 3.8) is 0 Å². The van der Waals surface area contributed by atoms with Crippen molar-refractivity contribution in [1.82, 2.24) is 0 Å². The van der Waals surface area contributed by atoms with E-state index in [0.717, 1.165) is 27.6 Å². The lowest BCUT2D eigenvalue weighted by Gasteiger charge is -2.08. The van der Waals surface area contributed by atoms with Crippen LogP contribution in [0, 0.1) is 0 Å². The van der Waals surface area contributed by atoms with Crippen molar-refractivity contribution in [3.05, 3.63) is 58.6 Å². The van der Waals surface area contributed by atoms with E-state index < -0.39 is 0 Å². The molecule has 110 valence electrons. The molecule has 21 heavy (non-hydrogen) atoms. The van der Waals surface area contributed by atoms with Crippen LogP contribution in [-0.4, -0.2) is 11.5 Å². The fourth-order valence-electron chi connectivity index (χ4n) is 1.85. The number of hydrogen-bond acceptors (Lipinski definition) is 4. The highest BCUT2D eigenvalue weighted by atomic mass is 35.5. The number of aryl methyl sites for hydroxylation is 1. The van der Waals surface area contributed by atoms with Gasteiger partial charge in [0.1, 0.15) is 0 Å². The quantitative estimate of drug-likeness (QED) is 0.435. The van der Waals surface area contributed by atoms with Crippen molar-refractivity contribution in [3.8, 4) is 0 Å². The van der Waals surface area contributed by atoms with Gasteiger partial charge in [-0.2, -0.15) is 12.6 Å². The largest absolute Gasteiger partial charge is 0.326 e. The van der Waals surface area contributed by atoms with E-state index in [0.29, 0.717) is 5.56 Å². The van der Waals surface area contributed by atoms with Crippen LogP contribution in [0.2, 0.25) is 5.02 Å². The zero-order chi connectivity index (χ0) is 15.2. The van der Waals surface area contributed by atoms with Gasteiger partial charge in [-0.25, -0.2) is 0 Å². The molecule has 1 N–H and O–H groups in total. The standard InChI is InChI=1S/C16H16ClNOS2/c1-2-11-9-14(6-7-15(11)17)21-18-13-5-3-4-12(8-13)16(19)10-20/h3-9,18,20H,2,10H2,1H3. The van der Waals surface area contributed by atoms with E-state index in [9.17, 15) is 4.79 Å². The predicted molar refractivity (Wildman–Crippen MR) is 94.9 cm³/mol. The molecular formula is C16H16ClNOS2. The van der Waals surface area contributed by atoms with Crippen molar-refractivity contribution >= 4 is 47.6 Å². The zero-order valence-electron chi connectivity index (χ0n) is 11.6. The number of carbonyl (C=O) groups excluding carboxylic acids is 1. The fourth-order valence-corrected chi connectivity index (χ4v) is 2.98. The van der Waals surface area contributed by atoms with E-state index in [-0.39, 0.29) is 11.5 Å². The number of Topliss-reactive ketones (excluding diaryl/α,β-unsaturated/α-hetero) is 1. The first-order chi connectivity index (χ1) is 10.1. The number of nitrogens with one attached hydrogen (secondary N) is 1. The fraction of sp³-hybridized carbons (Fsp3) is 0.188. The van der Waals surface area contributed by atoms with Crippen molar-refractivity contribution in [2.45, 2.75) is 18.2 Å². The summed E-state index contributed by atoms with van der Waals surface area (Å²) >= 11 is 11.6. The summed E-state index contributed by atoms with van der Waals surface area (Å²) in [6.07, 6.45) is 0.902. The molecule has 0 amide bonds. The third-order valence-electron chi connectivity index (χ3n) is 3.01. The van der Waals surface area contributed by atoms with Crippen LogP contribution in [0.1, 0.15) is 22.8 Å². The van der Waals surface area contributed by atoms with Crippen LogP contribution in [0.3, 0.4) is 0 Å². The molecule has 0 aromatic heterocycles. The van der Waals surface area contributed by atoms with E-state index in [4.69, 9.17) is 11.6 Å². The lowest BCUT2D eigenvalue weighted by molar-refractivity contribution is 0.102. The Balaban J connectivity index is 2.08. The van der Waals surface area contributed by atoms with E-state index in [1.54, 1.807) is 6.07 Å². The molecule has 0 saturated heterocycles. The number of halogens is 1. The minimum absolute atomic E-state index is 0.0201. The molecule has 2 aromatic carbocycles. The number of rotatable bonds is 6. The average molecular weight is 338 g/mol. The van der Waals surface area contributed by atoms with E-state index in [1.807, 2.05) is 30.3 Å². The first-order valence-corrected chi connectivity index (χ1v) is 8.42. The molecule has 0 aliphatic heterocycles. The first kappa shape index (κ1) is 16.3. The average Bonchev–Trinajstić information content (AvgIpc) is 2.53. The Bertz CT molecular complexity index is 646. The Morgan fingerprint density at radius 3 is 2.81 bits per heavy atom. The molecule has 2 rings (SSSR count). The summed E-state index contributed by atoms with van der Waals surface area (Å²) in [4.78, 5) is 12.7. The van der Waals surface area contributed by atoms with E-state index in [1.165, 1.54) is 11.9 Å². The summed E-state index contributed by atoms with van der Waals surface area (Å²) < 4.78 is 3.25. The Morgan fingerprint density at radius 2 is 2.10 bits per heavy atom. The van der Waals surface area contributed by atoms with Crippen LogP contribution >= 0.6 is 36.2 Å². The Hall–Kier alpha value is -1.10. The second kappa shape index (κ2) is 7.78. The molecule has 0 fully saturated rings. The lowest BCUT2D eigenvalue weighted by atomic mass is 10.1. The van der Waals surface area contributed by atoms with Crippen LogP contribution in [0.4, 0.5) is 5.69 Å². The van der Waals surface area contributed by atoms with Crippen LogP contribution in [0.25, 0.3) is 0 Å². The molecule has 0 aliphatic carbocycles. The van der Waals surface area contributed by atoms with Gasteiger partial charge < -0.3 is 4.72 Å². The molecule has 0 radical (unpaired) electrons. The van der Waals surface area contributed by atoms with Gasteiger partial charge in [-0.15, -0.1) is 0 Å². The molecule has 0 atom stereocenters. The highest BCUT2D eigenvalue weighted by Crippen LogP contribution is 2.26. The molecule has 2 aromatic rings. The SMILES string of the molecule is CCc1cc(SNc2cccc(C(=O)CS)c2)ccc1Cl. The topological polar surface area (TPSA) is 29.1 Å². The van der Waals surface area contributed by atoms with Crippen molar-refractivity contribution in [2.75, 3.05) is 10.5 Å². The number of hydrogen-bond donors (Lipinski definition) is 2. The highest BCUT2D eigenvalue weighted by molar-refractivity contribution is 8.00. The van der Waals surface area contributed by atoms with Gasteiger partial charge in [0.25, 0.3) is 0 Å². The normalized spacial score (nSPS) is 10.4. The maximum Gasteiger partial charge on any atom is 0.172 e. The second-order valence-corrected chi connectivity index (χ2v) is 6.08. The van der Waals surface area contributed by atoms with Crippen LogP contribution < -0.4 is 4.72 Å². The Labute approximate surface area is 139 Å². The third-order valence-corrected chi connectivity index (χ3v) is 4.50. The number of carbonyl (C=O) groups is 1. The second-order valence-electron chi connectivity index (χ2n) is 4.47. The predicted octanol–water partition coefficient (Wildman–Crippen LogP) is 5.13. The molecular weight excluding hydrogens is 322 g/mol. The molecule has 5 heteroatoms. The molecule has 0 spiro atoms. The number of ketones is 1. The van der Waals surface area contributed by atoms with E-state index >= 15 is 0 Å². The minimum atomic E-state index is 0.0201. The number of benzene rings is 2. The lowest BCUT2D eigenvalue weighted by Crippen LogP contribution is -2.00. The van der Waals surface area contributed by atoms with Gasteiger partial charge in [-0.1, -0.05) is 30.7 Å².